The Labute approximate surface area is 110 Å². The van der Waals surface area contributed by atoms with Crippen molar-refractivity contribution in [2.45, 2.75) is 6.42 Å². The van der Waals surface area contributed by atoms with Crippen LogP contribution >= 0.6 is 11.3 Å². The van der Waals surface area contributed by atoms with Crippen molar-refractivity contribution < 1.29 is 13.9 Å². The molecule has 0 spiro atoms. The molecular weight excluding hydrogens is 250 g/mol. The van der Waals surface area contributed by atoms with E-state index in [4.69, 9.17) is 9.15 Å². The highest BCUT2D eigenvalue weighted by atomic mass is 32.1. The number of hydrogen-bond acceptors (Lipinski definition) is 4. The van der Waals surface area contributed by atoms with Gasteiger partial charge in [-0.05, 0) is 24.6 Å². The first-order valence-corrected chi connectivity index (χ1v) is 6.59. The van der Waals surface area contributed by atoms with E-state index in [1.807, 2.05) is 23.6 Å². The Bertz CT molecular complexity index is 490. The second-order valence-electron chi connectivity index (χ2n) is 3.78. The minimum Gasteiger partial charge on any atom is -0.464 e. The first-order chi connectivity index (χ1) is 8.81. The van der Waals surface area contributed by atoms with Gasteiger partial charge in [0, 0.05) is 31.2 Å². The number of hydrogen-bond donors (Lipinski definition) is 1. The topological polar surface area (TPSA) is 51.5 Å². The third kappa shape index (κ3) is 3.21. The lowest BCUT2D eigenvalue weighted by Crippen LogP contribution is -2.24. The van der Waals surface area contributed by atoms with E-state index in [0.717, 1.165) is 17.7 Å². The predicted octanol–water partition coefficient (Wildman–Crippen LogP) is 2.77. The van der Waals surface area contributed by atoms with Crippen molar-refractivity contribution in [3.8, 4) is 11.3 Å². The molecule has 2 aromatic rings. The van der Waals surface area contributed by atoms with Crippen LogP contribution in [0.1, 0.15) is 16.1 Å². The molecule has 96 valence electrons. The number of thiophene rings is 1. The molecule has 0 atom stereocenters. The molecule has 0 saturated carbocycles. The summed E-state index contributed by atoms with van der Waals surface area (Å²) >= 11 is 1.42. The lowest BCUT2D eigenvalue weighted by Gasteiger charge is -2.02. The largest absolute Gasteiger partial charge is 0.464 e. The summed E-state index contributed by atoms with van der Waals surface area (Å²) in [6, 6.07) is 5.55. The molecule has 2 aromatic heterocycles. The van der Waals surface area contributed by atoms with Gasteiger partial charge in [-0.3, -0.25) is 4.79 Å². The Morgan fingerprint density at radius 3 is 3.17 bits per heavy atom. The maximum absolute atomic E-state index is 11.8. The standard InChI is InChI=1S/C13H15NO3S/c1-16-6-3-5-14-13(15)12-8-10(9-18-12)11-4-2-7-17-11/h2,4,7-9H,3,5-6H2,1H3,(H,14,15). The molecule has 2 rings (SSSR count). The van der Waals surface area contributed by atoms with Crippen molar-refractivity contribution in [1.82, 2.24) is 5.32 Å². The monoisotopic (exact) mass is 265 g/mol. The molecule has 0 aliphatic carbocycles. The Morgan fingerprint density at radius 2 is 2.44 bits per heavy atom. The number of carbonyl (C=O) groups is 1. The van der Waals surface area contributed by atoms with Gasteiger partial charge in [-0.1, -0.05) is 0 Å². The number of carbonyl (C=O) groups excluding carboxylic acids is 1. The van der Waals surface area contributed by atoms with Crippen LogP contribution in [0.15, 0.2) is 34.3 Å². The van der Waals surface area contributed by atoms with Gasteiger partial charge in [-0.15, -0.1) is 11.3 Å². The van der Waals surface area contributed by atoms with Gasteiger partial charge in [-0.2, -0.15) is 0 Å². The maximum Gasteiger partial charge on any atom is 0.261 e. The SMILES string of the molecule is COCCCNC(=O)c1cc(-c2ccco2)cs1. The zero-order valence-corrected chi connectivity index (χ0v) is 11.0. The van der Waals surface area contributed by atoms with Crippen LogP contribution in [0.5, 0.6) is 0 Å². The highest BCUT2D eigenvalue weighted by Gasteiger charge is 2.10. The highest BCUT2D eigenvalue weighted by Crippen LogP contribution is 2.25. The molecule has 0 unspecified atom stereocenters. The molecule has 1 amide bonds. The minimum absolute atomic E-state index is 0.0473. The number of furan rings is 1. The van der Waals surface area contributed by atoms with Crippen LogP contribution in [0.3, 0.4) is 0 Å². The molecule has 0 radical (unpaired) electrons. The number of methoxy groups -OCH3 is 1. The molecule has 2 heterocycles. The number of rotatable bonds is 6. The van der Waals surface area contributed by atoms with E-state index in [0.29, 0.717) is 18.0 Å². The van der Waals surface area contributed by atoms with Gasteiger partial charge in [0.05, 0.1) is 11.1 Å². The Hall–Kier alpha value is -1.59. The Balaban J connectivity index is 1.91. The van der Waals surface area contributed by atoms with Crippen LogP contribution in [-0.4, -0.2) is 26.2 Å². The molecule has 0 fully saturated rings. The summed E-state index contributed by atoms with van der Waals surface area (Å²) in [5.41, 5.74) is 0.937. The fourth-order valence-corrected chi connectivity index (χ4v) is 2.35. The van der Waals surface area contributed by atoms with Gasteiger partial charge < -0.3 is 14.5 Å². The average molecular weight is 265 g/mol. The third-order valence-electron chi connectivity index (χ3n) is 2.44. The summed E-state index contributed by atoms with van der Waals surface area (Å²) < 4.78 is 10.2. The third-order valence-corrected chi connectivity index (χ3v) is 3.37. The van der Waals surface area contributed by atoms with E-state index < -0.39 is 0 Å². The quantitative estimate of drug-likeness (QED) is 0.817. The van der Waals surface area contributed by atoms with E-state index in [2.05, 4.69) is 5.32 Å². The summed E-state index contributed by atoms with van der Waals surface area (Å²) in [6.07, 6.45) is 2.44. The van der Waals surface area contributed by atoms with E-state index in [1.54, 1.807) is 13.4 Å². The van der Waals surface area contributed by atoms with Crippen molar-refractivity contribution in [2.24, 2.45) is 0 Å². The summed E-state index contributed by atoms with van der Waals surface area (Å²) in [5, 5.41) is 4.77. The normalized spacial score (nSPS) is 10.5. The van der Waals surface area contributed by atoms with Crippen LogP contribution in [0.25, 0.3) is 11.3 Å². The van der Waals surface area contributed by atoms with Crippen molar-refractivity contribution in [3.63, 3.8) is 0 Å². The average Bonchev–Trinajstić information content (AvgIpc) is 3.03. The van der Waals surface area contributed by atoms with Crippen molar-refractivity contribution in [3.05, 3.63) is 34.7 Å². The molecule has 0 aliphatic heterocycles. The number of nitrogens with one attached hydrogen (secondary N) is 1. The number of ether oxygens (including phenoxy) is 1. The van der Waals surface area contributed by atoms with Gasteiger partial charge in [0.15, 0.2) is 0 Å². The van der Waals surface area contributed by atoms with E-state index in [9.17, 15) is 4.79 Å². The lowest BCUT2D eigenvalue weighted by molar-refractivity contribution is 0.0952. The summed E-state index contributed by atoms with van der Waals surface area (Å²) in [4.78, 5) is 12.5. The molecule has 4 nitrogen and oxygen atoms in total. The van der Waals surface area contributed by atoms with Crippen LogP contribution in [0.2, 0.25) is 0 Å². The fourth-order valence-electron chi connectivity index (χ4n) is 1.53. The zero-order valence-electron chi connectivity index (χ0n) is 10.1. The second-order valence-corrected chi connectivity index (χ2v) is 4.69. The Morgan fingerprint density at radius 1 is 1.56 bits per heavy atom. The van der Waals surface area contributed by atoms with E-state index >= 15 is 0 Å². The van der Waals surface area contributed by atoms with Crippen LogP contribution in [0.4, 0.5) is 0 Å². The fraction of sp³-hybridized carbons (Fsp3) is 0.308. The predicted molar refractivity (Wildman–Crippen MR) is 70.8 cm³/mol. The molecule has 5 heteroatoms. The summed E-state index contributed by atoms with van der Waals surface area (Å²) in [6.45, 7) is 1.28. The molecule has 0 aromatic carbocycles. The van der Waals surface area contributed by atoms with Crippen LogP contribution in [0, 0.1) is 0 Å². The summed E-state index contributed by atoms with van der Waals surface area (Å²) in [5.74, 6) is 0.735. The van der Waals surface area contributed by atoms with Crippen molar-refractivity contribution in [1.29, 1.82) is 0 Å². The van der Waals surface area contributed by atoms with Crippen molar-refractivity contribution in [2.75, 3.05) is 20.3 Å². The smallest absolute Gasteiger partial charge is 0.261 e. The second kappa shape index (κ2) is 6.37. The first-order valence-electron chi connectivity index (χ1n) is 5.71. The first kappa shape index (κ1) is 12.9. The molecular formula is C13H15NO3S. The maximum atomic E-state index is 11.8. The van der Waals surface area contributed by atoms with Crippen LogP contribution < -0.4 is 5.32 Å². The van der Waals surface area contributed by atoms with Crippen molar-refractivity contribution >= 4 is 17.2 Å². The lowest BCUT2D eigenvalue weighted by atomic mass is 10.2. The van der Waals surface area contributed by atoms with Crippen LogP contribution in [-0.2, 0) is 4.74 Å². The number of amides is 1. The molecule has 0 aliphatic rings. The molecule has 0 saturated heterocycles. The van der Waals surface area contributed by atoms with Gasteiger partial charge >= 0.3 is 0 Å². The Kier molecular flexibility index (Phi) is 4.55. The van der Waals surface area contributed by atoms with Gasteiger partial charge in [0.2, 0.25) is 0 Å². The highest BCUT2D eigenvalue weighted by molar-refractivity contribution is 7.12. The zero-order chi connectivity index (χ0) is 12.8. The van der Waals surface area contributed by atoms with E-state index in [1.165, 1.54) is 11.3 Å². The molecule has 1 N–H and O–H groups in total. The summed E-state index contributed by atoms with van der Waals surface area (Å²) in [7, 11) is 1.65. The molecule has 0 bridgehead atoms. The minimum atomic E-state index is -0.0473. The van der Waals surface area contributed by atoms with E-state index in [-0.39, 0.29) is 5.91 Å². The van der Waals surface area contributed by atoms with Gasteiger partial charge in [-0.25, -0.2) is 0 Å². The van der Waals surface area contributed by atoms with Gasteiger partial charge in [0.1, 0.15) is 5.76 Å². The molecule has 18 heavy (non-hydrogen) atoms. The van der Waals surface area contributed by atoms with Gasteiger partial charge in [0.25, 0.3) is 5.91 Å².